The van der Waals surface area contributed by atoms with Crippen molar-refractivity contribution in [2.75, 3.05) is 0 Å². The van der Waals surface area contributed by atoms with Crippen molar-refractivity contribution in [3.63, 3.8) is 0 Å². The van der Waals surface area contributed by atoms with Gasteiger partial charge in [0.2, 0.25) is 0 Å². The lowest BCUT2D eigenvalue weighted by molar-refractivity contribution is -0.385. The Morgan fingerprint density at radius 1 is 1.29 bits per heavy atom. The van der Waals surface area contributed by atoms with Gasteiger partial charge in [-0.1, -0.05) is 25.8 Å². The van der Waals surface area contributed by atoms with Crippen LogP contribution in [0.1, 0.15) is 38.2 Å². The quantitative estimate of drug-likeness (QED) is 0.272. The van der Waals surface area contributed by atoms with E-state index < -0.39 is 28.3 Å². The van der Waals surface area contributed by atoms with Gasteiger partial charge in [0.15, 0.2) is 5.75 Å². The summed E-state index contributed by atoms with van der Waals surface area (Å²) in [5.74, 6) is -1.84. The fourth-order valence-electron chi connectivity index (χ4n) is 1.73. The summed E-state index contributed by atoms with van der Waals surface area (Å²) in [5, 5.41) is 20.0. The zero-order valence-electron chi connectivity index (χ0n) is 11.7. The molecule has 0 aliphatic heterocycles. The van der Waals surface area contributed by atoms with Crippen LogP contribution in [0.3, 0.4) is 0 Å². The van der Waals surface area contributed by atoms with Crippen LogP contribution in [-0.4, -0.2) is 22.0 Å². The first-order valence-electron chi connectivity index (χ1n) is 6.63. The van der Waals surface area contributed by atoms with Crippen LogP contribution in [-0.2, 0) is 20.7 Å². The highest BCUT2D eigenvalue weighted by Gasteiger charge is 2.16. The Morgan fingerprint density at radius 2 is 2.00 bits per heavy atom. The lowest BCUT2D eigenvalue weighted by Gasteiger charge is -2.04. The third kappa shape index (κ3) is 5.60. The van der Waals surface area contributed by atoms with Gasteiger partial charge in [0, 0.05) is 12.5 Å². The van der Waals surface area contributed by atoms with Gasteiger partial charge in [0.1, 0.15) is 0 Å². The Balaban J connectivity index is 2.57. The molecule has 0 atom stereocenters. The molecule has 0 aliphatic rings. The number of esters is 2. The summed E-state index contributed by atoms with van der Waals surface area (Å²) >= 11 is 0. The average molecular weight is 295 g/mol. The van der Waals surface area contributed by atoms with Crippen molar-refractivity contribution < 1.29 is 24.4 Å². The number of nitro groups is 1. The van der Waals surface area contributed by atoms with E-state index in [4.69, 9.17) is 0 Å². The summed E-state index contributed by atoms with van der Waals surface area (Å²) in [6, 6.07) is 3.58. The van der Waals surface area contributed by atoms with Crippen LogP contribution in [0.5, 0.6) is 5.75 Å². The van der Waals surface area contributed by atoms with E-state index in [0.29, 0.717) is 12.0 Å². The van der Waals surface area contributed by atoms with Crippen LogP contribution in [0.4, 0.5) is 5.69 Å². The molecule has 0 bridgehead atoms. The van der Waals surface area contributed by atoms with E-state index in [2.05, 4.69) is 4.74 Å². The molecule has 0 fully saturated rings. The average Bonchev–Trinajstić information content (AvgIpc) is 2.40. The van der Waals surface area contributed by atoms with Gasteiger partial charge in [-0.05, 0) is 18.1 Å². The van der Waals surface area contributed by atoms with Crippen LogP contribution in [0.25, 0.3) is 0 Å². The number of ether oxygens (including phenoxy) is 1. The molecule has 0 amide bonds. The van der Waals surface area contributed by atoms with Crippen LogP contribution in [0.2, 0.25) is 0 Å². The van der Waals surface area contributed by atoms with E-state index in [0.717, 1.165) is 25.0 Å². The van der Waals surface area contributed by atoms with Crippen LogP contribution >= 0.6 is 0 Å². The maximum Gasteiger partial charge on any atom is 0.317 e. The number of nitrogens with zero attached hydrogens (tertiary/aromatic N) is 1. The summed E-state index contributed by atoms with van der Waals surface area (Å²) in [7, 11) is 0. The number of hydrogen-bond acceptors (Lipinski definition) is 6. The number of nitro benzene ring substituents is 1. The summed E-state index contributed by atoms with van der Waals surface area (Å²) in [6.07, 6.45) is 2.41. The first kappa shape index (κ1) is 16.6. The first-order chi connectivity index (χ1) is 9.93. The smallest absolute Gasteiger partial charge is 0.317 e. The van der Waals surface area contributed by atoms with Crippen molar-refractivity contribution in [2.24, 2.45) is 0 Å². The van der Waals surface area contributed by atoms with E-state index in [1.54, 1.807) is 0 Å². The molecular weight excluding hydrogens is 278 g/mol. The normalized spacial score (nSPS) is 10.1. The zero-order chi connectivity index (χ0) is 15.8. The molecule has 7 heteroatoms. The van der Waals surface area contributed by atoms with Gasteiger partial charge in [-0.2, -0.15) is 0 Å². The summed E-state index contributed by atoms with van der Waals surface area (Å²) < 4.78 is 4.62. The summed E-state index contributed by atoms with van der Waals surface area (Å²) in [4.78, 5) is 32.8. The van der Waals surface area contributed by atoms with Crippen molar-refractivity contribution in [3.05, 3.63) is 33.9 Å². The molecule has 0 heterocycles. The van der Waals surface area contributed by atoms with Gasteiger partial charge in [0.25, 0.3) is 0 Å². The number of rotatable bonds is 7. The Labute approximate surface area is 121 Å². The predicted octanol–water partition coefficient (Wildman–Crippen LogP) is 2.49. The third-order valence-corrected chi connectivity index (χ3v) is 2.80. The van der Waals surface area contributed by atoms with Gasteiger partial charge < -0.3 is 9.84 Å². The molecule has 1 N–H and O–H groups in total. The van der Waals surface area contributed by atoms with Crippen molar-refractivity contribution in [1.29, 1.82) is 0 Å². The molecule has 7 nitrogen and oxygen atoms in total. The molecule has 0 spiro atoms. The number of aromatic hydroxyl groups is 1. The molecule has 114 valence electrons. The SMILES string of the molecule is CCCCCC(=O)OC(=O)Cc1ccc(O)c([N+](=O)[O-])c1. The molecule has 21 heavy (non-hydrogen) atoms. The lowest BCUT2D eigenvalue weighted by Crippen LogP contribution is -2.14. The molecule has 0 unspecified atom stereocenters. The van der Waals surface area contributed by atoms with Gasteiger partial charge >= 0.3 is 17.6 Å². The molecule has 0 aliphatic carbocycles. The van der Waals surface area contributed by atoms with Gasteiger partial charge in [-0.25, -0.2) is 0 Å². The number of carbonyl (C=O) groups is 2. The van der Waals surface area contributed by atoms with E-state index >= 15 is 0 Å². The second-order valence-electron chi connectivity index (χ2n) is 4.56. The standard InChI is InChI=1S/C14H17NO6/c1-2-3-4-5-13(17)21-14(18)9-10-6-7-12(16)11(8-10)15(19)20/h6-8,16H,2-5,9H2,1H3. The first-order valence-corrected chi connectivity index (χ1v) is 6.63. The van der Waals surface area contributed by atoms with E-state index in [1.165, 1.54) is 6.07 Å². The third-order valence-electron chi connectivity index (χ3n) is 2.80. The van der Waals surface area contributed by atoms with Crippen LogP contribution in [0, 0.1) is 10.1 Å². The number of carbonyl (C=O) groups excluding carboxylic acids is 2. The second-order valence-corrected chi connectivity index (χ2v) is 4.56. The predicted molar refractivity (Wildman–Crippen MR) is 73.7 cm³/mol. The number of phenols is 1. The molecule has 1 aromatic rings. The number of unbranched alkanes of at least 4 members (excludes halogenated alkanes) is 2. The maximum atomic E-state index is 11.5. The minimum absolute atomic E-state index is 0.176. The fraction of sp³-hybridized carbons (Fsp3) is 0.429. The summed E-state index contributed by atoms with van der Waals surface area (Å²) in [6.45, 7) is 1.99. The molecule has 0 saturated heterocycles. The fourth-order valence-corrected chi connectivity index (χ4v) is 1.73. The highest BCUT2D eigenvalue weighted by molar-refractivity contribution is 5.86. The molecule has 0 aromatic heterocycles. The highest BCUT2D eigenvalue weighted by Crippen LogP contribution is 2.26. The van der Waals surface area contributed by atoms with Crippen LogP contribution < -0.4 is 0 Å². The summed E-state index contributed by atoms with van der Waals surface area (Å²) in [5.41, 5.74) is -0.194. The highest BCUT2D eigenvalue weighted by atomic mass is 16.6. The van der Waals surface area contributed by atoms with Gasteiger partial charge in [-0.15, -0.1) is 0 Å². The van der Waals surface area contributed by atoms with Crippen LogP contribution in [0.15, 0.2) is 18.2 Å². The number of phenolic OH excluding ortho intramolecular Hbond substituents is 1. The molecule has 0 radical (unpaired) electrons. The Bertz CT molecular complexity index is 540. The maximum absolute atomic E-state index is 11.5. The molecular formula is C14H17NO6. The van der Waals surface area contributed by atoms with Crippen molar-refractivity contribution in [1.82, 2.24) is 0 Å². The van der Waals surface area contributed by atoms with Crippen molar-refractivity contribution in [2.45, 2.75) is 39.0 Å². The van der Waals surface area contributed by atoms with Gasteiger partial charge in [-0.3, -0.25) is 19.7 Å². The monoisotopic (exact) mass is 295 g/mol. The Kier molecular flexibility index (Phi) is 6.32. The minimum Gasteiger partial charge on any atom is -0.502 e. The minimum atomic E-state index is -0.767. The van der Waals surface area contributed by atoms with E-state index in [1.807, 2.05) is 6.92 Å². The Morgan fingerprint density at radius 3 is 2.62 bits per heavy atom. The number of hydrogen-bond donors (Lipinski definition) is 1. The van der Waals surface area contributed by atoms with E-state index in [9.17, 15) is 24.8 Å². The molecule has 1 aromatic carbocycles. The lowest BCUT2D eigenvalue weighted by atomic mass is 10.1. The van der Waals surface area contributed by atoms with Crippen molar-refractivity contribution >= 4 is 17.6 Å². The largest absolute Gasteiger partial charge is 0.502 e. The van der Waals surface area contributed by atoms with Gasteiger partial charge in [0.05, 0.1) is 11.3 Å². The van der Waals surface area contributed by atoms with E-state index in [-0.39, 0.29) is 12.8 Å². The topological polar surface area (TPSA) is 107 Å². The van der Waals surface area contributed by atoms with Crippen molar-refractivity contribution in [3.8, 4) is 5.75 Å². The molecule has 0 saturated carbocycles. The zero-order valence-corrected chi connectivity index (χ0v) is 11.7. The number of benzene rings is 1. The Hall–Kier alpha value is -2.44. The second kappa shape index (κ2) is 7.98. The molecule has 1 rings (SSSR count).